The largest absolute Gasteiger partial charge is 0.490 e. The molecule has 5 rings (SSSR count). The zero-order valence-electron chi connectivity index (χ0n) is 22.1. The Bertz CT molecular complexity index is 1030. The van der Waals surface area contributed by atoms with Crippen LogP contribution < -0.4 is 10.2 Å². The zero-order chi connectivity index (χ0) is 30.4. The van der Waals surface area contributed by atoms with E-state index in [-0.39, 0.29) is 11.3 Å². The van der Waals surface area contributed by atoms with Gasteiger partial charge in [-0.05, 0) is 63.0 Å². The highest BCUT2D eigenvalue weighted by molar-refractivity contribution is 5.84. The minimum atomic E-state index is -5.08. The lowest BCUT2D eigenvalue weighted by Crippen LogP contribution is -2.48. The van der Waals surface area contributed by atoms with Gasteiger partial charge < -0.3 is 25.3 Å². The zero-order valence-corrected chi connectivity index (χ0v) is 22.1. The first-order chi connectivity index (χ1) is 19.1. The molecule has 0 unspecified atom stereocenters. The van der Waals surface area contributed by atoms with Crippen LogP contribution in [0.1, 0.15) is 38.5 Å². The van der Waals surface area contributed by atoms with Crippen molar-refractivity contribution in [1.29, 1.82) is 0 Å². The van der Waals surface area contributed by atoms with Crippen molar-refractivity contribution in [2.24, 2.45) is 23.2 Å². The number of rotatable bonds is 6. The van der Waals surface area contributed by atoms with E-state index in [0.717, 1.165) is 63.3 Å². The van der Waals surface area contributed by atoms with Crippen molar-refractivity contribution in [1.82, 2.24) is 20.2 Å². The number of carboxylic acid groups (broad SMARTS) is 2. The van der Waals surface area contributed by atoms with Crippen molar-refractivity contribution in [2.45, 2.75) is 50.9 Å². The monoisotopic (exact) mass is 597 g/mol. The summed E-state index contributed by atoms with van der Waals surface area (Å²) in [5.41, 5.74) is -0.285. The summed E-state index contributed by atoms with van der Waals surface area (Å²) >= 11 is 0. The fourth-order valence-electron chi connectivity index (χ4n) is 5.06. The number of aliphatic carboxylic acids is 2. The predicted molar refractivity (Wildman–Crippen MR) is 132 cm³/mol. The third-order valence-corrected chi connectivity index (χ3v) is 7.50. The quantitative estimate of drug-likeness (QED) is 0.423. The first-order valence-electron chi connectivity index (χ1n) is 13.2. The van der Waals surface area contributed by atoms with Gasteiger partial charge in [-0.3, -0.25) is 4.79 Å². The van der Waals surface area contributed by atoms with Crippen LogP contribution in [0.4, 0.5) is 32.3 Å². The van der Waals surface area contributed by atoms with E-state index in [9.17, 15) is 31.1 Å². The molecule has 3 heterocycles. The van der Waals surface area contributed by atoms with Crippen molar-refractivity contribution in [3.63, 3.8) is 0 Å². The summed E-state index contributed by atoms with van der Waals surface area (Å²) in [6.45, 7) is 5.92. The van der Waals surface area contributed by atoms with Crippen LogP contribution >= 0.6 is 0 Å². The number of fused-ring (bicyclic) bond motifs is 1. The summed E-state index contributed by atoms with van der Waals surface area (Å²) in [7, 11) is 0. The van der Waals surface area contributed by atoms with Crippen molar-refractivity contribution < 1.29 is 50.9 Å². The number of alkyl halides is 6. The van der Waals surface area contributed by atoms with Crippen LogP contribution in [0.3, 0.4) is 0 Å². The van der Waals surface area contributed by atoms with Gasteiger partial charge in [0.1, 0.15) is 0 Å². The Kier molecular flexibility index (Phi) is 10.4. The highest BCUT2D eigenvalue weighted by Gasteiger charge is 2.53. The van der Waals surface area contributed by atoms with Crippen LogP contribution in [0.5, 0.6) is 0 Å². The molecule has 0 bridgehead atoms. The Hall–Kier alpha value is -3.17. The van der Waals surface area contributed by atoms with Crippen molar-refractivity contribution in [3.8, 4) is 0 Å². The molecule has 16 heteroatoms. The summed E-state index contributed by atoms with van der Waals surface area (Å²) in [5.74, 6) is -2.48. The van der Waals surface area contributed by atoms with E-state index in [1.807, 2.05) is 6.07 Å². The second-order valence-electron chi connectivity index (χ2n) is 10.8. The molecule has 4 aliphatic rings. The van der Waals surface area contributed by atoms with E-state index in [1.165, 1.54) is 32.2 Å². The normalized spacial score (nSPS) is 24.5. The highest BCUT2D eigenvalue weighted by atomic mass is 19.4. The summed E-state index contributed by atoms with van der Waals surface area (Å²) in [6, 6.07) is 1.85. The second kappa shape index (κ2) is 13.2. The van der Waals surface area contributed by atoms with Gasteiger partial charge in [0.25, 0.3) is 0 Å². The SMILES string of the molecule is O=C(NCC1CC1)[C@@]12CCCN(CC3CC3)C[C@H]1CN(c1ncccn1)C2.O=C(O)C(F)(F)F.O=C(O)C(F)(F)F. The summed E-state index contributed by atoms with van der Waals surface area (Å²) in [6.07, 6.45) is 0.857. The minimum Gasteiger partial charge on any atom is -0.475 e. The first kappa shape index (κ1) is 32.3. The van der Waals surface area contributed by atoms with Gasteiger partial charge in [0.2, 0.25) is 11.9 Å². The lowest BCUT2D eigenvalue weighted by Gasteiger charge is -2.32. The molecule has 230 valence electrons. The maximum absolute atomic E-state index is 13.4. The molecular weight excluding hydrogens is 564 g/mol. The Morgan fingerprint density at radius 3 is 1.95 bits per heavy atom. The van der Waals surface area contributed by atoms with Gasteiger partial charge in [0.05, 0.1) is 5.41 Å². The Morgan fingerprint density at radius 1 is 0.927 bits per heavy atom. The van der Waals surface area contributed by atoms with Crippen molar-refractivity contribution >= 4 is 23.8 Å². The van der Waals surface area contributed by atoms with Gasteiger partial charge in [0, 0.05) is 51.0 Å². The van der Waals surface area contributed by atoms with Gasteiger partial charge in [0.15, 0.2) is 0 Å². The molecular formula is C25H33F6N5O5. The molecule has 0 radical (unpaired) electrons. The van der Waals surface area contributed by atoms with E-state index in [2.05, 4.69) is 25.1 Å². The first-order valence-corrected chi connectivity index (χ1v) is 13.2. The van der Waals surface area contributed by atoms with E-state index in [1.54, 1.807) is 12.4 Å². The number of carbonyl (C=O) groups excluding carboxylic acids is 1. The molecule has 2 aliphatic heterocycles. The number of hydrogen-bond donors (Lipinski definition) is 3. The number of hydrogen-bond acceptors (Lipinski definition) is 7. The molecule has 0 spiro atoms. The van der Waals surface area contributed by atoms with Crippen molar-refractivity contribution in [3.05, 3.63) is 18.5 Å². The third-order valence-electron chi connectivity index (χ3n) is 7.50. The van der Waals surface area contributed by atoms with Crippen LogP contribution in [0.15, 0.2) is 18.5 Å². The number of anilines is 1. The molecule has 10 nitrogen and oxygen atoms in total. The molecule has 1 aromatic heterocycles. The maximum Gasteiger partial charge on any atom is 0.490 e. The fraction of sp³-hybridized carbons (Fsp3) is 0.720. The molecule has 3 N–H and O–H groups in total. The topological polar surface area (TPSA) is 136 Å². The summed E-state index contributed by atoms with van der Waals surface area (Å²) < 4.78 is 63.5. The molecule has 0 aromatic carbocycles. The minimum absolute atomic E-state index is 0.283. The predicted octanol–water partition coefficient (Wildman–Crippen LogP) is 3.20. The Balaban J connectivity index is 0.000000276. The highest BCUT2D eigenvalue weighted by Crippen LogP contribution is 2.44. The number of aromatic nitrogens is 2. The average Bonchev–Trinajstić information content (AvgIpc) is 3.82. The molecule has 1 amide bonds. The van der Waals surface area contributed by atoms with Crippen LogP contribution in [0.2, 0.25) is 0 Å². The molecule has 1 aromatic rings. The van der Waals surface area contributed by atoms with Gasteiger partial charge in [-0.2, -0.15) is 26.3 Å². The number of likely N-dealkylation sites (tertiary alicyclic amines) is 1. The number of carboxylic acids is 2. The molecule has 2 saturated heterocycles. The van der Waals surface area contributed by atoms with Gasteiger partial charge in [-0.15, -0.1) is 0 Å². The summed E-state index contributed by atoms with van der Waals surface area (Å²) in [4.78, 5) is 45.0. The lowest BCUT2D eigenvalue weighted by atomic mass is 9.74. The number of amides is 1. The number of carbonyl (C=O) groups is 3. The van der Waals surface area contributed by atoms with E-state index in [0.29, 0.717) is 5.92 Å². The summed E-state index contributed by atoms with van der Waals surface area (Å²) in [5, 5.41) is 17.6. The number of nitrogens with zero attached hydrogens (tertiary/aromatic N) is 4. The fourth-order valence-corrected chi connectivity index (χ4v) is 5.06. The van der Waals surface area contributed by atoms with Crippen LogP contribution in [-0.4, -0.2) is 94.5 Å². The van der Waals surface area contributed by atoms with Gasteiger partial charge in [-0.25, -0.2) is 19.6 Å². The lowest BCUT2D eigenvalue weighted by molar-refractivity contribution is -0.193. The molecule has 2 saturated carbocycles. The smallest absolute Gasteiger partial charge is 0.475 e. The molecule has 4 fully saturated rings. The number of halogens is 6. The van der Waals surface area contributed by atoms with Crippen LogP contribution in [-0.2, 0) is 14.4 Å². The standard InChI is InChI=1S/C21H31N5O.2C2HF3O2/c27-19(24-11-16-3-4-16)21-7-1-10-25(12-17-5-6-17)13-18(21)14-26(15-21)20-22-8-2-9-23-20;2*3-2(4,5)1(6)7/h2,8-9,16-18H,1,3-7,10-15H2,(H,24,27);2*(H,6,7)/t18-,21+;;/m0../s1. The molecule has 41 heavy (non-hydrogen) atoms. The average molecular weight is 598 g/mol. The number of nitrogens with one attached hydrogen (secondary N) is 1. The Morgan fingerprint density at radius 2 is 1.46 bits per heavy atom. The molecule has 2 atom stereocenters. The maximum atomic E-state index is 13.4. The van der Waals surface area contributed by atoms with Crippen LogP contribution in [0.25, 0.3) is 0 Å². The van der Waals surface area contributed by atoms with E-state index >= 15 is 0 Å². The molecule has 2 aliphatic carbocycles. The Labute approximate surface area is 232 Å². The van der Waals surface area contributed by atoms with Gasteiger partial charge >= 0.3 is 24.3 Å². The second-order valence-corrected chi connectivity index (χ2v) is 10.8. The third kappa shape index (κ3) is 9.71. The van der Waals surface area contributed by atoms with E-state index in [4.69, 9.17) is 19.8 Å². The van der Waals surface area contributed by atoms with Crippen molar-refractivity contribution in [2.75, 3.05) is 44.2 Å². The van der Waals surface area contributed by atoms with Gasteiger partial charge in [-0.1, -0.05) is 0 Å². The van der Waals surface area contributed by atoms with Crippen LogP contribution in [0, 0.1) is 23.2 Å². The van der Waals surface area contributed by atoms with E-state index < -0.39 is 24.3 Å².